The van der Waals surface area contributed by atoms with E-state index in [-0.39, 0.29) is 11.9 Å². The Bertz CT molecular complexity index is 637. The monoisotopic (exact) mass is 311 g/mol. The number of nitrogens with one attached hydrogen (secondary N) is 2. The fourth-order valence-electron chi connectivity index (χ4n) is 2.68. The molecule has 1 saturated heterocycles. The molecule has 2 atom stereocenters. The first kappa shape index (κ1) is 15.6. The molecule has 2 aromatic rings. The lowest BCUT2D eigenvalue weighted by Crippen LogP contribution is -2.31. The zero-order chi connectivity index (χ0) is 16.1. The van der Waals surface area contributed by atoms with E-state index in [4.69, 9.17) is 4.74 Å². The predicted molar refractivity (Wildman–Crippen MR) is 89.4 cm³/mol. The minimum absolute atomic E-state index is 0.130. The minimum Gasteiger partial charge on any atom is -0.380 e. The van der Waals surface area contributed by atoms with Gasteiger partial charge in [0, 0.05) is 42.3 Å². The van der Waals surface area contributed by atoms with Crippen molar-refractivity contribution in [1.82, 2.24) is 10.3 Å². The average molecular weight is 311 g/mol. The maximum Gasteiger partial charge on any atom is 0.255 e. The lowest BCUT2D eigenvalue weighted by atomic mass is 10.1. The quantitative estimate of drug-likeness (QED) is 0.891. The molecule has 2 heterocycles. The Morgan fingerprint density at radius 1 is 1.22 bits per heavy atom. The zero-order valence-electron chi connectivity index (χ0n) is 13.2. The number of anilines is 1. The molecule has 5 nitrogen and oxygen atoms in total. The molecule has 2 N–H and O–H groups in total. The molecule has 5 heteroatoms. The minimum atomic E-state index is -0.130. The second-order valence-corrected chi connectivity index (χ2v) is 5.76. The van der Waals surface area contributed by atoms with E-state index in [2.05, 4.69) is 22.5 Å². The van der Waals surface area contributed by atoms with Crippen molar-refractivity contribution in [3.8, 4) is 0 Å². The van der Waals surface area contributed by atoms with Gasteiger partial charge in [-0.05, 0) is 43.2 Å². The van der Waals surface area contributed by atoms with Crippen molar-refractivity contribution in [2.24, 2.45) is 0 Å². The van der Waals surface area contributed by atoms with Crippen molar-refractivity contribution in [2.75, 3.05) is 18.5 Å². The van der Waals surface area contributed by atoms with E-state index in [0.29, 0.717) is 11.6 Å². The lowest BCUT2D eigenvalue weighted by molar-refractivity contribution is 0.102. The molecule has 1 aromatic carbocycles. The molecule has 0 unspecified atom stereocenters. The van der Waals surface area contributed by atoms with Crippen molar-refractivity contribution in [2.45, 2.75) is 25.4 Å². The van der Waals surface area contributed by atoms with Crippen LogP contribution in [0.5, 0.6) is 0 Å². The number of aromatic nitrogens is 1. The number of benzene rings is 1. The molecule has 3 rings (SSSR count). The van der Waals surface area contributed by atoms with Crippen molar-refractivity contribution in [1.29, 1.82) is 0 Å². The smallest absolute Gasteiger partial charge is 0.255 e. The van der Waals surface area contributed by atoms with Gasteiger partial charge in [-0.15, -0.1) is 0 Å². The summed E-state index contributed by atoms with van der Waals surface area (Å²) in [5.74, 6) is -0.130. The zero-order valence-corrected chi connectivity index (χ0v) is 13.2. The van der Waals surface area contributed by atoms with E-state index < -0.39 is 0 Å². The van der Waals surface area contributed by atoms with Crippen LogP contribution in [0.3, 0.4) is 0 Å². The molecule has 1 aliphatic heterocycles. The van der Waals surface area contributed by atoms with Crippen LogP contribution in [-0.4, -0.2) is 30.1 Å². The Morgan fingerprint density at radius 2 is 1.96 bits per heavy atom. The van der Waals surface area contributed by atoms with Crippen LogP contribution in [0.15, 0.2) is 48.8 Å². The van der Waals surface area contributed by atoms with Crippen molar-refractivity contribution < 1.29 is 9.53 Å². The molecule has 0 spiro atoms. The first-order valence-electron chi connectivity index (χ1n) is 7.87. The van der Waals surface area contributed by atoms with Gasteiger partial charge in [-0.3, -0.25) is 9.78 Å². The summed E-state index contributed by atoms with van der Waals surface area (Å²) in [5.41, 5.74) is 2.58. The van der Waals surface area contributed by atoms with Crippen LogP contribution in [0.25, 0.3) is 0 Å². The van der Waals surface area contributed by atoms with Gasteiger partial charge in [-0.1, -0.05) is 12.1 Å². The molecule has 120 valence electrons. The molecule has 1 fully saturated rings. The van der Waals surface area contributed by atoms with Gasteiger partial charge in [0.2, 0.25) is 0 Å². The summed E-state index contributed by atoms with van der Waals surface area (Å²) in [4.78, 5) is 16.0. The Kier molecular flexibility index (Phi) is 5.00. The first-order chi connectivity index (χ1) is 11.2. The number of hydrogen-bond acceptors (Lipinski definition) is 4. The third-order valence-corrected chi connectivity index (χ3v) is 4.03. The molecular weight excluding hydrogens is 290 g/mol. The van der Waals surface area contributed by atoms with Crippen LogP contribution in [0.1, 0.15) is 35.3 Å². The van der Waals surface area contributed by atoms with E-state index in [1.165, 1.54) is 5.56 Å². The second-order valence-electron chi connectivity index (χ2n) is 5.76. The normalized spacial score (nSPS) is 18.6. The Morgan fingerprint density at radius 3 is 2.61 bits per heavy atom. The van der Waals surface area contributed by atoms with Crippen LogP contribution in [0.4, 0.5) is 5.69 Å². The van der Waals surface area contributed by atoms with E-state index in [9.17, 15) is 4.79 Å². The molecule has 0 aliphatic carbocycles. The van der Waals surface area contributed by atoms with Crippen molar-refractivity contribution >= 4 is 11.6 Å². The summed E-state index contributed by atoms with van der Waals surface area (Å²) in [6.45, 7) is 3.76. The van der Waals surface area contributed by atoms with Gasteiger partial charge in [-0.25, -0.2) is 0 Å². The summed E-state index contributed by atoms with van der Waals surface area (Å²) in [6, 6.07) is 12.0. The first-order valence-corrected chi connectivity index (χ1v) is 7.87. The molecular formula is C18H21N3O2. The van der Waals surface area contributed by atoms with Crippen molar-refractivity contribution in [3.05, 3.63) is 59.9 Å². The van der Waals surface area contributed by atoms with Crippen LogP contribution in [0.2, 0.25) is 0 Å². The summed E-state index contributed by atoms with van der Waals surface area (Å²) in [5, 5.41) is 6.45. The second kappa shape index (κ2) is 7.35. The Labute approximate surface area is 136 Å². The highest BCUT2D eigenvalue weighted by Crippen LogP contribution is 2.18. The molecule has 0 saturated carbocycles. The van der Waals surface area contributed by atoms with E-state index in [1.54, 1.807) is 24.5 Å². The Hall–Kier alpha value is -2.24. The number of hydrogen-bond donors (Lipinski definition) is 2. The van der Waals surface area contributed by atoms with Crippen LogP contribution < -0.4 is 10.6 Å². The average Bonchev–Trinajstić information content (AvgIpc) is 3.09. The third kappa shape index (κ3) is 4.15. The topological polar surface area (TPSA) is 63.2 Å². The fraction of sp³-hybridized carbons (Fsp3) is 0.333. The molecule has 0 radical (unpaired) electrons. The summed E-state index contributed by atoms with van der Waals surface area (Å²) < 4.78 is 5.38. The van der Waals surface area contributed by atoms with E-state index >= 15 is 0 Å². The molecule has 0 bridgehead atoms. The highest BCUT2D eigenvalue weighted by atomic mass is 16.5. The van der Waals surface area contributed by atoms with Gasteiger partial charge < -0.3 is 15.4 Å². The van der Waals surface area contributed by atoms with Gasteiger partial charge in [0.15, 0.2) is 0 Å². The standard InChI is InChI=1S/C18H21N3O2/c1-13(20-17-8-11-23-12-17)14-2-4-16(5-3-14)21-18(22)15-6-9-19-10-7-15/h2-7,9-10,13,17,20H,8,11-12H2,1H3,(H,21,22)/t13-,17-/m0/s1. The summed E-state index contributed by atoms with van der Waals surface area (Å²) in [7, 11) is 0. The van der Waals surface area contributed by atoms with Crippen LogP contribution >= 0.6 is 0 Å². The Balaban J connectivity index is 1.59. The van der Waals surface area contributed by atoms with Gasteiger partial charge in [0.25, 0.3) is 5.91 Å². The maximum atomic E-state index is 12.1. The predicted octanol–water partition coefficient (Wildman–Crippen LogP) is 2.77. The highest BCUT2D eigenvalue weighted by molar-refractivity contribution is 6.04. The number of pyridine rings is 1. The van der Waals surface area contributed by atoms with Gasteiger partial charge in [0.1, 0.15) is 0 Å². The number of carbonyl (C=O) groups excluding carboxylic acids is 1. The lowest BCUT2D eigenvalue weighted by Gasteiger charge is -2.19. The third-order valence-electron chi connectivity index (χ3n) is 4.03. The van der Waals surface area contributed by atoms with Crippen LogP contribution in [0, 0.1) is 0 Å². The number of ether oxygens (including phenoxy) is 1. The molecule has 1 aromatic heterocycles. The van der Waals surface area contributed by atoms with Gasteiger partial charge in [0.05, 0.1) is 6.61 Å². The molecule has 23 heavy (non-hydrogen) atoms. The number of nitrogens with zero attached hydrogens (tertiary/aromatic N) is 1. The SMILES string of the molecule is C[C@H](N[C@H]1CCOC1)c1ccc(NC(=O)c2ccncc2)cc1. The summed E-state index contributed by atoms with van der Waals surface area (Å²) in [6.07, 6.45) is 4.28. The summed E-state index contributed by atoms with van der Waals surface area (Å²) >= 11 is 0. The molecule has 1 aliphatic rings. The highest BCUT2D eigenvalue weighted by Gasteiger charge is 2.18. The number of amides is 1. The van der Waals surface area contributed by atoms with E-state index in [0.717, 1.165) is 25.3 Å². The van der Waals surface area contributed by atoms with Crippen molar-refractivity contribution in [3.63, 3.8) is 0 Å². The van der Waals surface area contributed by atoms with Gasteiger partial charge >= 0.3 is 0 Å². The number of carbonyl (C=O) groups is 1. The maximum absolute atomic E-state index is 12.1. The number of rotatable bonds is 5. The van der Waals surface area contributed by atoms with Crippen LogP contribution in [-0.2, 0) is 4.74 Å². The van der Waals surface area contributed by atoms with E-state index in [1.807, 2.05) is 24.3 Å². The molecule has 1 amide bonds. The van der Waals surface area contributed by atoms with Gasteiger partial charge in [-0.2, -0.15) is 0 Å². The largest absolute Gasteiger partial charge is 0.380 e. The fourth-order valence-corrected chi connectivity index (χ4v) is 2.68.